The monoisotopic (exact) mass is 315 g/mol. The Balaban J connectivity index is 2.05. The van der Waals surface area contributed by atoms with Gasteiger partial charge in [-0.15, -0.1) is 0 Å². The summed E-state index contributed by atoms with van der Waals surface area (Å²) in [7, 11) is 1.66. The Bertz CT molecular complexity index is 376. The van der Waals surface area contributed by atoms with Gasteiger partial charge in [-0.3, -0.25) is 4.98 Å². The van der Waals surface area contributed by atoms with Gasteiger partial charge in [0.2, 0.25) is 0 Å². The Morgan fingerprint density at radius 1 is 1.50 bits per heavy atom. The standard InChI is InChI=1S/C13H18BrNO3/c1-17-13(4-6-18-7-5-13)12(16)8-11-3-2-10(14)9-15-11/h2-3,9,12,16H,4-8H2,1H3. The summed E-state index contributed by atoms with van der Waals surface area (Å²) in [5, 5.41) is 10.4. The van der Waals surface area contributed by atoms with E-state index in [4.69, 9.17) is 9.47 Å². The smallest absolute Gasteiger partial charge is 0.0983 e. The van der Waals surface area contributed by atoms with Gasteiger partial charge in [-0.2, -0.15) is 0 Å². The first-order valence-electron chi connectivity index (χ1n) is 6.08. The largest absolute Gasteiger partial charge is 0.390 e. The Hall–Kier alpha value is -0.490. The first-order valence-corrected chi connectivity index (χ1v) is 6.87. The molecule has 100 valence electrons. The van der Waals surface area contributed by atoms with E-state index in [9.17, 15) is 5.11 Å². The molecule has 18 heavy (non-hydrogen) atoms. The summed E-state index contributed by atoms with van der Waals surface area (Å²) in [6.07, 6.45) is 3.13. The zero-order valence-electron chi connectivity index (χ0n) is 10.4. The van der Waals surface area contributed by atoms with Gasteiger partial charge in [0.1, 0.15) is 0 Å². The van der Waals surface area contributed by atoms with Gasteiger partial charge in [-0.1, -0.05) is 0 Å². The van der Waals surface area contributed by atoms with Gasteiger partial charge in [0, 0.05) is 55.9 Å². The van der Waals surface area contributed by atoms with E-state index in [0.29, 0.717) is 19.6 Å². The number of aromatic nitrogens is 1. The van der Waals surface area contributed by atoms with Crippen molar-refractivity contribution in [2.24, 2.45) is 0 Å². The highest BCUT2D eigenvalue weighted by molar-refractivity contribution is 9.10. The molecule has 1 aromatic rings. The van der Waals surface area contributed by atoms with Crippen LogP contribution in [0.2, 0.25) is 0 Å². The second kappa shape index (κ2) is 6.10. The van der Waals surface area contributed by atoms with Crippen molar-refractivity contribution in [1.29, 1.82) is 0 Å². The van der Waals surface area contributed by atoms with Crippen molar-refractivity contribution in [3.8, 4) is 0 Å². The number of aliphatic hydroxyl groups excluding tert-OH is 1. The van der Waals surface area contributed by atoms with Gasteiger partial charge < -0.3 is 14.6 Å². The summed E-state index contributed by atoms with van der Waals surface area (Å²) in [5.41, 5.74) is 0.376. The van der Waals surface area contributed by atoms with Crippen molar-refractivity contribution in [1.82, 2.24) is 4.98 Å². The van der Waals surface area contributed by atoms with Gasteiger partial charge in [-0.05, 0) is 28.1 Å². The lowest BCUT2D eigenvalue weighted by Gasteiger charge is -2.39. The van der Waals surface area contributed by atoms with Crippen LogP contribution in [0, 0.1) is 0 Å². The normalized spacial score (nSPS) is 20.6. The highest BCUT2D eigenvalue weighted by Gasteiger charge is 2.39. The Morgan fingerprint density at radius 3 is 2.78 bits per heavy atom. The lowest BCUT2D eigenvalue weighted by atomic mass is 9.85. The number of ether oxygens (including phenoxy) is 2. The predicted molar refractivity (Wildman–Crippen MR) is 71.4 cm³/mol. The lowest BCUT2D eigenvalue weighted by molar-refractivity contribution is -0.151. The van der Waals surface area contributed by atoms with Gasteiger partial charge in [-0.25, -0.2) is 0 Å². The molecule has 0 radical (unpaired) electrons. The Morgan fingerprint density at radius 2 is 2.22 bits per heavy atom. The Kier molecular flexibility index (Phi) is 4.72. The van der Waals surface area contributed by atoms with Crippen LogP contribution in [0.15, 0.2) is 22.8 Å². The molecule has 1 atom stereocenters. The average Bonchev–Trinajstić information content (AvgIpc) is 2.42. The third-order valence-corrected chi connectivity index (χ3v) is 4.01. The van der Waals surface area contributed by atoms with Crippen molar-refractivity contribution in [2.75, 3.05) is 20.3 Å². The molecule has 0 amide bonds. The van der Waals surface area contributed by atoms with Gasteiger partial charge >= 0.3 is 0 Å². The third kappa shape index (κ3) is 3.09. The van der Waals surface area contributed by atoms with E-state index in [1.165, 1.54) is 0 Å². The van der Waals surface area contributed by atoms with Crippen molar-refractivity contribution in [3.05, 3.63) is 28.5 Å². The maximum absolute atomic E-state index is 10.4. The van der Waals surface area contributed by atoms with Gasteiger partial charge in [0.25, 0.3) is 0 Å². The highest BCUT2D eigenvalue weighted by atomic mass is 79.9. The molecule has 0 aromatic carbocycles. The van der Waals surface area contributed by atoms with Crippen molar-refractivity contribution >= 4 is 15.9 Å². The van der Waals surface area contributed by atoms with Crippen molar-refractivity contribution in [2.45, 2.75) is 31.0 Å². The molecule has 0 aliphatic carbocycles. The summed E-state index contributed by atoms with van der Waals surface area (Å²) in [6, 6.07) is 3.84. The molecular formula is C13H18BrNO3. The third-order valence-electron chi connectivity index (χ3n) is 3.54. The van der Waals surface area contributed by atoms with E-state index < -0.39 is 11.7 Å². The number of methoxy groups -OCH3 is 1. The molecule has 1 aromatic heterocycles. The van der Waals surface area contributed by atoms with Crippen molar-refractivity contribution < 1.29 is 14.6 Å². The van der Waals surface area contributed by atoms with E-state index in [1.807, 2.05) is 12.1 Å². The van der Waals surface area contributed by atoms with Gasteiger partial charge in [0.15, 0.2) is 0 Å². The van der Waals surface area contributed by atoms with Crippen LogP contribution in [0.1, 0.15) is 18.5 Å². The lowest BCUT2D eigenvalue weighted by Crippen LogP contribution is -2.49. The zero-order valence-corrected chi connectivity index (χ0v) is 12.0. The molecule has 5 heteroatoms. The number of halogens is 1. The maximum atomic E-state index is 10.4. The second-order valence-corrected chi connectivity index (χ2v) is 5.48. The molecule has 0 saturated carbocycles. The highest BCUT2D eigenvalue weighted by Crippen LogP contribution is 2.29. The summed E-state index contributed by atoms with van der Waals surface area (Å²) in [5.74, 6) is 0. The molecule has 1 aliphatic heterocycles. The number of pyridine rings is 1. The topological polar surface area (TPSA) is 51.6 Å². The Labute approximate surface area is 115 Å². The molecule has 1 aliphatic rings. The first-order chi connectivity index (χ1) is 8.66. The summed E-state index contributed by atoms with van der Waals surface area (Å²) >= 11 is 3.35. The van der Waals surface area contributed by atoms with E-state index in [2.05, 4.69) is 20.9 Å². The molecule has 4 nitrogen and oxygen atoms in total. The molecule has 0 bridgehead atoms. The van der Waals surface area contributed by atoms with Gasteiger partial charge in [0.05, 0.1) is 11.7 Å². The fourth-order valence-electron chi connectivity index (χ4n) is 2.30. The summed E-state index contributed by atoms with van der Waals surface area (Å²) in [6.45, 7) is 1.28. The van der Waals surface area contributed by atoms with Crippen LogP contribution in [-0.2, 0) is 15.9 Å². The average molecular weight is 316 g/mol. The summed E-state index contributed by atoms with van der Waals surface area (Å²) in [4.78, 5) is 4.28. The van der Waals surface area contributed by atoms with Crippen LogP contribution in [0.3, 0.4) is 0 Å². The molecule has 0 spiro atoms. The maximum Gasteiger partial charge on any atom is 0.0983 e. The quantitative estimate of drug-likeness (QED) is 0.922. The van der Waals surface area contributed by atoms with Crippen LogP contribution in [0.4, 0.5) is 0 Å². The van der Waals surface area contributed by atoms with E-state index in [-0.39, 0.29) is 0 Å². The second-order valence-electron chi connectivity index (χ2n) is 4.57. The number of hydrogen-bond acceptors (Lipinski definition) is 4. The minimum Gasteiger partial charge on any atom is -0.390 e. The SMILES string of the molecule is COC1(C(O)Cc2ccc(Br)cn2)CCOCC1. The van der Waals surface area contributed by atoms with E-state index in [0.717, 1.165) is 23.0 Å². The summed E-state index contributed by atoms with van der Waals surface area (Å²) < 4.78 is 11.8. The zero-order chi connectivity index (χ0) is 13.0. The van der Waals surface area contributed by atoms with Crippen LogP contribution in [0.5, 0.6) is 0 Å². The molecule has 1 saturated heterocycles. The van der Waals surface area contributed by atoms with E-state index >= 15 is 0 Å². The number of aliphatic hydroxyl groups is 1. The molecule has 2 heterocycles. The minimum absolute atomic E-state index is 0.493. The predicted octanol–water partition coefficient (Wildman–Crippen LogP) is 1.94. The van der Waals surface area contributed by atoms with Crippen LogP contribution in [-0.4, -0.2) is 42.1 Å². The molecule has 1 N–H and O–H groups in total. The number of nitrogens with zero attached hydrogens (tertiary/aromatic N) is 1. The fraction of sp³-hybridized carbons (Fsp3) is 0.615. The van der Waals surface area contributed by atoms with E-state index in [1.54, 1.807) is 13.3 Å². The molecular weight excluding hydrogens is 298 g/mol. The number of hydrogen-bond donors (Lipinski definition) is 1. The van der Waals surface area contributed by atoms with Crippen LogP contribution >= 0.6 is 15.9 Å². The fourth-order valence-corrected chi connectivity index (χ4v) is 2.54. The number of rotatable bonds is 4. The van der Waals surface area contributed by atoms with Crippen LogP contribution < -0.4 is 0 Å². The molecule has 2 rings (SSSR count). The molecule has 1 fully saturated rings. The molecule has 1 unspecified atom stereocenters. The minimum atomic E-state index is -0.555. The van der Waals surface area contributed by atoms with Crippen LogP contribution in [0.25, 0.3) is 0 Å². The van der Waals surface area contributed by atoms with Crippen molar-refractivity contribution in [3.63, 3.8) is 0 Å². The first kappa shape index (κ1) is 13.9.